The average molecular weight is 336 g/mol. The highest BCUT2D eigenvalue weighted by atomic mass is 79.9. The van der Waals surface area contributed by atoms with Crippen molar-refractivity contribution in [3.8, 4) is 11.5 Å². The highest BCUT2D eigenvalue weighted by Crippen LogP contribution is 2.32. The molecule has 2 aromatic rings. The van der Waals surface area contributed by atoms with Gasteiger partial charge in [-0.1, -0.05) is 18.2 Å². The molecule has 3 nitrogen and oxygen atoms in total. The Labute approximate surface area is 127 Å². The SMILES string of the molecule is CNC(C)c1ccc(Oc2cccc(CO)c2)c(Br)c1. The number of benzene rings is 2. The van der Waals surface area contributed by atoms with Crippen LogP contribution in [0.1, 0.15) is 24.1 Å². The van der Waals surface area contributed by atoms with Gasteiger partial charge in [-0.05, 0) is 65.3 Å². The number of rotatable bonds is 5. The Hall–Kier alpha value is -1.36. The topological polar surface area (TPSA) is 41.5 Å². The van der Waals surface area contributed by atoms with Crippen LogP contribution < -0.4 is 10.1 Å². The van der Waals surface area contributed by atoms with Gasteiger partial charge in [-0.2, -0.15) is 0 Å². The van der Waals surface area contributed by atoms with E-state index in [2.05, 4.69) is 28.2 Å². The van der Waals surface area contributed by atoms with E-state index in [0.717, 1.165) is 15.8 Å². The maximum atomic E-state index is 9.14. The van der Waals surface area contributed by atoms with E-state index in [9.17, 15) is 0 Å². The molecule has 2 N–H and O–H groups in total. The van der Waals surface area contributed by atoms with E-state index in [1.54, 1.807) is 0 Å². The van der Waals surface area contributed by atoms with Crippen molar-refractivity contribution in [2.24, 2.45) is 0 Å². The van der Waals surface area contributed by atoms with Crippen molar-refractivity contribution >= 4 is 15.9 Å². The van der Waals surface area contributed by atoms with Crippen LogP contribution in [0.25, 0.3) is 0 Å². The fourth-order valence-electron chi connectivity index (χ4n) is 1.87. The summed E-state index contributed by atoms with van der Waals surface area (Å²) in [6.07, 6.45) is 0. The zero-order valence-electron chi connectivity index (χ0n) is 11.6. The van der Waals surface area contributed by atoms with Crippen LogP contribution in [0.2, 0.25) is 0 Å². The number of halogens is 1. The molecule has 0 fully saturated rings. The van der Waals surface area contributed by atoms with Crippen LogP contribution in [0, 0.1) is 0 Å². The Balaban J connectivity index is 2.21. The van der Waals surface area contributed by atoms with Crippen molar-refractivity contribution in [1.82, 2.24) is 5.32 Å². The van der Waals surface area contributed by atoms with Gasteiger partial charge < -0.3 is 15.2 Å². The van der Waals surface area contributed by atoms with Gasteiger partial charge in [0.1, 0.15) is 11.5 Å². The molecule has 0 amide bonds. The van der Waals surface area contributed by atoms with Gasteiger partial charge in [-0.3, -0.25) is 0 Å². The highest BCUT2D eigenvalue weighted by Gasteiger charge is 2.08. The Morgan fingerprint density at radius 2 is 2.05 bits per heavy atom. The third-order valence-electron chi connectivity index (χ3n) is 3.20. The lowest BCUT2D eigenvalue weighted by molar-refractivity contribution is 0.281. The smallest absolute Gasteiger partial charge is 0.141 e. The van der Waals surface area contributed by atoms with Crippen LogP contribution in [-0.4, -0.2) is 12.2 Å². The summed E-state index contributed by atoms with van der Waals surface area (Å²) in [7, 11) is 1.93. The molecule has 106 valence electrons. The molecule has 0 aliphatic carbocycles. The van der Waals surface area contributed by atoms with E-state index in [1.807, 2.05) is 49.5 Å². The Bertz CT molecular complexity index is 586. The first-order valence-electron chi connectivity index (χ1n) is 6.48. The number of aliphatic hydroxyl groups excluding tert-OH is 1. The highest BCUT2D eigenvalue weighted by molar-refractivity contribution is 9.10. The average Bonchev–Trinajstić information content (AvgIpc) is 2.48. The molecule has 2 aromatic carbocycles. The lowest BCUT2D eigenvalue weighted by Crippen LogP contribution is -2.12. The molecule has 0 aromatic heterocycles. The van der Waals surface area contributed by atoms with E-state index in [4.69, 9.17) is 9.84 Å². The van der Waals surface area contributed by atoms with Gasteiger partial charge >= 0.3 is 0 Å². The lowest BCUT2D eigenvalue weighted by atomic mass is 10.1. The van der Waals surface area contributed by atoms with Gasteiger partial charge in [0.05, 0.1) is 11.1 Å². The van der Waals surface area contributed by atoms with Crippen LogP contribution >= 0.6 is 15.9 Å². The van der Waals surface area contributed by atoms with Gasteiger partial charge in [0.15, 0.2) is 0 Å². The maximum absolute atomic E-state index is 9.14. The van der Waals surface area contributed by atoms with E-state index in [0.29, 0.717) is 5.75 Å². The standard InChI is InChI=1S/C16H18BrNO2/c1-11(18-2)13-6-7-16(15(17)9-13)20-14-5-3-4-12(8-14)10-19/h3-9,11,18-19H,10H2,1-2H3. The summed E-state index contributed by atoms with van der Waals surface area (Å²) in [5.74, 6) is 1.47. The molecule has 2 rings (SSSR count). The van der Waals surface area contributed by atoms with Gasteiger partial charge in [-0.15, -0.1) is 0 Å². The summed E-state index contributed by atoms with van der Waals surface area (Å²) in [6, 6.07) is 13.7. The van der Waals surface area contributed by atoms with Gasteiger partial charge in [0, 0.05) is 6.04 Å². The second-order valence-electron chi connectivity index (χ2n) is 4.61. The van der Waals surface area contributed by atoms with E-state index in [-0.39, 0.29) is 12.6 Å². The normalized spacial score (nSPS) is 12.2. The molecule has 0 radical (unpaired) electrons. The minimum atomic E-state index is 0.0109. The molecule has 1 atom stereocenters. The second-order valence-corrected chi connectivity index (χ2v) is 5.46. The predicted octanol–water partition coefficient (Wildman–Crippen LogP) is 4.01. The minimum absolute atomic E-state index is 0.0109. The Kier molecular flexibility index (Phi) is 5.17. The molecule has 4 heteroatoms. The Morgan fingerprint density at radius 3 is 2.70 bits per heavy atom. The van der Waals surface area contributed by atoms with E-state index in [1.165, 1.54) is 5.56 Å². The van der Waals surface area contributed by atoms with E-state index < -0.39 is 0 Å². The fraction of sp³-hybridized carbons (Fsp3) is 0.250. The van der Waals surface area contributed by atoms with E-state index >= 15 is 0 Å². The molecule has 0 heterocycles. The molecule has 1 unspecified atom stereocenters. The summed E-state index contributed by atoms with van der Waals surface area (Å²) in [6.45, 7) is 2.12. The number of nitrogens with one attached hydrogen (secondary N) is 1. The number of aliphatic hydroxyl groups is 1. The fourth-order valence-corrected chi connectivity index (χ4v) is 2.35. The summed E-state index contributed by atoms with van der Waals surface area (Å²) in [5, 5.41) is 12.3. The van der Waals surface area contributed by atoms with Crippen molar-refractivity contribution in [1.29, 1.82) is 0 Å². The summed E-state index contributed by atoms with van der Waals surface area (Å²) >= 11 is 3.54. The Morgan fingerprint density at radius 1 is 1.25 bits per heavy atom. The van der Waals surface area contributed by atoms with Crippen molar-refractivity contribution in [2.75, 3.05) is 7.05 Å². The molecule has 0 spiro atoms. The first kappa shape index (κ1) is 15.0. The third kappa shape index (κ3) is 3.60. The maximum Gasteiger partial charge on any atom is 0.141 e. The number of ether oxygens (including phenoxy) is 1. The summed E-state index contributed by atoms with van der Waals surface area (Å²) in [5.41, 5.74) is 2.02. The number of hydrogen-bond donors (Lipinski definition) is 2. The molecule has 0 saturated carbocycles. The van der Waals surface area contributed by atoms with Crippen LogP contribution in [0.5, 0.6) is 11.5 Å². The van der Waals surface area contributed by atoms with Gasteiger partial charge in [0.2, 0.25) is 0 Å². The molecule has 0 bridgehead atoms. The predicted molar refractivity (Wildman–Crippen MR) is 84.1 cm³/mol. The van der Waals surface area contributed by atoms with Crippen LogP contribution in [0.3, 0.4) is 0 Å². The minimum Gasteiger partial charge on any atom is -0.456 e. The molecule has 0 aliphatic rings. The van der Waals surface area contributed by atoms with Crippen LogP contribution in [0.15, 0.2) is 46.9 Å². The molecule has 0 saturated heterocycles. The molecular formula is C16H18BrNO2. The molecule has 20 heavy (non-hydrogen) atoms. The third-order valence-corrected chi connectivity index (χ3v) is 3.82. The largest absolute Gasteiger partial charge is 0.456 e. The monoisotopic (exact) mass is 335 g/mol. The summed E-state index contributed by atoms with van der Waals surface area (Å²) in [4.78, 5) is 0. The molecule has 0 aliphatic heterocycles. The first-order chi connectivity index (χ1) is 9.63. The zero-order valence-corrected chi connectivity index (χ0v) is 13.1. The van der Waals surface area contributed by atoms with Crippen molar-refractivity contribution < 1.29 is 9.84 Å². The second kappa shape index (κ2) is 6.88. The summed E-state index contributed by atoms with van der Waals surface area (Å²) < 4.78 is 6.75. The zero-order chi connectivity index (χ0) is 14.5. The van der Waals surface area contributed by atoms with Crippen molar-refractivity contribution in [2.45, 2.75) is 19.6 Å². The van der Waals surface area contributed by atoms with Gasteiger partial charge in [0.25, 0.3) is 0 Å². The van der Waals surface area contributed by atoms with Crippen molar-refractivity contribution in [3.63, 3.8) is 0 Å². The number of hydrogen-bond acceptors (Lipinski definition) is 3. The van der Waals surface area contributed by atoms with Gasteiger partial charge in [-0.25, -0.2) is 0 Å². The quantitative estimate of drug-likeness (QED) is 0.867. The van der Waals surface area contributed by atoms with Crippen molar-refractivity contribution in [3.05, 3.63) is 58.1 Å². The van der Waals surface area contributed by atoms with Crippen LogP contribution in [0.4, 0.5) is 0 Å². The first-order valence-corrected chi connectivity index (χ1v) is 7.27. The molecular weight excluding hydrogens is 318 g/mol. The van der Waals surface area contributed by atoms with Crippen LogP contribution in [-0.2, 0) is 6.61 Å². The lowest BCUT2D eigenvalue weighted by Gasteiger charge is -2.14.